The van der Waals surface area contributed by atoms with E-state index < -0.39 is 0 Å². The quantitative estimate of drug-likeness (QED) is 0.693. The number of anilines is 1. The van der Waals surface area contributed by atoms with Gasteiger partial charge in [-0.2, -0.15) is 4.37 Å². The molecule has 4 rings (SSSR count). The summed E-state index contributed by atoms with van der Waals surface area (Å²) in [4.78, 5) is 19.8. The van der Waals surface area contributed by atoms with Gasteiger partial charge in [-0.05, 0) is 43.9 Å². The Balaban J connectivity index is 0.00000225. The monoisotopic (exact) mass is 440 g/mol. The van der Waals surface area contributed by atoms with Crippen LogP contribution in [0.25, 0.3) is 10.1 Å². The summed E-state index contributed by atoms with van der Waals surface area (Å²) in [6.45, 7) is 11.1. The fraction of sp³-hybridized carbons (Fsp3) is 0.600. The van der Waals surface area contributed by atoms with Crippen LogP contribution < -0.4 is 4.90 Å². The summed E-state index contributed by atoms with van der Waals surface area (Å²) in [5, 5.41) is 1.21. The van der Waals surface area contributed by atoms with Gasteiger partial charge >= 0.3 is 0 Å². The highest BCUT2D eigenvalue weighted by Gasteiger charge is 2.48. The SMILES string of the molecule is CCCCN1C(=O)C(N2CCN(c3nsc4ccccc34)CC2)SC1(C)C.Cl. The molecule has 2 saturated heterocycles. The van der Waals surface area contributed by atoms with E-state index in [1.807, 2.05) is 11.8 Å². The number of hydrogen-bond acceptors (Lipinski definition) is 6. The zero-order valence-electron chi connectivity index (χ0n) is 16.8. The predicted octanol–water partition coefficient (Wildman–Crippen LogP) is 4.28. The molecule has 0 N–H and O–H groups in total. The zero-order chi connectivity index (χ0) is 19.0. The van der Waals surface area contributed by atoms with E-state index in [2.05, 4.69) is 59.7 Å². The van der Waals surface area contributed by atoms with Crippen LogP contribution in [-0.2, 0) is 4.79 Å². The van der Waals surface area contributed by atoms with Crippen molar-refractivity contribution < 1.29 is 4.79 Å². The zero-order valence-corrected chi connectivity index (χ0v) is 19.2. The van der Waals surface area contributed by atoms with E-state index in [0.717, 1.165) is 51.4 Å². The lowest BCUT2D eigenvalue weighted by Gasteiger charge is -2.37. The molecule has 0 spiro atoms. The molecule has 1 unspecified atom stereocenters. The average Bonchev–Trinajstić information content (AvgIpc) is 3.19. The minimum atomic E-state index is -0.112. The third-order valence-electron chi connectivity index (χ3n) is 5.57. The first-order valence-electron chi connectivity index (χ1n) is 9.84. The third kappa shape index (κ3) is 3.99. The van der Waals surface area contributed by atoms with Crippen molar-refractivity contribution in [1.82, 2.24) is 14.2 Å². The third-order valence-corrected chi connectivity index (χ3v) is 7.90. The molecule has 2 aliphatic heterocycles. The van der Waals surface area contributed by atoms with Gasteiger partial charge in [0.2, 0.25) is 0 Å². The molecule has 2 aliphatic rings. The van der Waals surface area contributed by atoms with Crippen molar-refractivity contribution in [3.05, 3.63) is 24.3 Å². The van der Waals surface area contributed by atoms with E-state index in [1.165, 1.54) is 10.1 Å². The minimum Gasteiger partial charge on any atom is -0.353 e. The number of benzene rings is 1. The smallest absolute Gasteiger partial charge is 0.251 e. The maximum Gasteiger partial charge on any atom is 0.251 e. The van der Waals surface area contributed by atoms with Crippen molar-refractivity contribution in [3.8, 4) is 0 Å². The molecule has 0 radical (unpaired) electrons. The Bertz CT molecular complexity index is 819. The van der Waals surface area contributed by atoms with Crippen LogP contribution in [0.3, 0.4) is 0 Å². The Morgan fingerprint density at radius 3 is 2.61 bits per heavy atom. The van der Waals surface area contributed by atoms with Crippen LogP contribution in [0, 0.1) is 0 Å². The lowest BCUT2D eigenvalue weighted by molar-refractivity contribution is -0.134. The minimum absolute atomic E-state index is 0. The van der Waals surface area contributed by atoms with Crippen molar-refractivity contribution >= 4 is 57.5 Å². The van der Waals surface area contributed by atoms with Gasteiger partial charge in [-0.3, -0.25) is 9.69 Å². The molecule has 1 aromatic heterocycles. The van der Waals surface area contributed by atoms with Crippen molar-refractivity contribution in [2.24, 2.45) is 0 Å². The Hall–Kier alpha value is -1.02. The fourth-order valence-corrected chi connectivity index (χ4v) is 6.22. The maximum atomic E-state index is 13.1. The molecular weight excluding hydrogens is 412 g/mol. The summed E-state index contributed by atoms with van der Waals surface area (Å²) < 4.78 is 5.93. The van der Waals surface area contributed by atoms with Gasteiger partial charge in [-0.25, -0.2) is 0 Å². The van der Waals surface area contributed by atoms with Crippen molar-refractivity contribution in [2.75, 3.05) is 37.6 Å². The molecule has 0 aliphatic carbocycles. The molecule has 2 aromatic rings. The first kappa shape index (κ1) is 21.7. The van der Waals surface area contributed by atoms with E-state index in [0.29, 0.717) is 5.91 Å². The van der Waals surface area contributed by atoms with Crippen LogP contribution >= 0.6 is 35.7 Å². The predicted molar refractivity (Wildman–Crippen MR) is 123 cm³/mol. The molecule has 1 aromatic carbocycles. The van der Waals surface area contributed by atoms with Crippen LogP contribution in [0.15, 0.2) is 24.3 Å². The number of piperazine rings is 1. The summed E-state index contributed by atoms with van der Waals surface area (Å²) in [5.41, 5.74) is 0. The van der Waals surface area contributed by atoms with Gasteiger partial charge in [0, 0.05) is 38.1 Å². The summed E-state index contributed by atoms with van der Waals surface area (Å²) in [6, 6.07) is 8.44. The van der Waals surface area contributed by atoms with Gasteiger partial charge in [0.25, 0.3) is 5.91 Å². The number of amides is 1. The molecule has 154 valence electrons. The Morgan fingerprint density at radius 2 is 1.89 bits per heavy atom. The van der Waals surface area contributed by atoms with E-state index >= 15 is 0 Å². The number of rotatable bonds is 5. The van der Waals surface area contributed by atoms with Gasteiger partial charge in [0.05, 0.1) is 9.57 Å². The van der Waals surface area contributed by atoms with Crippen LogP contribution in [0.1, 0.15) is 33.6 Å². The summed E-state index contributed by atoms with van der Waals surface area (Å²) in [6.07, 6.45) is 2.20. The molecule has 2 fully saturated rings. The fourth-order valence-electron chi connectivity index (χ4n) is 3.98. The second kappa shape index (κ2) is 8.78. The molecule has 1 atom stereocenters. The first-order valence-corrected chi connectivity index (χ1v) is 11.5. The second-order valence-electron chi connectivity index (χ2n) is 7.79. The summed E-state index contributed by atoms with van der Waals surface area (Å²) in [7, 11) is 0. The molecule has 8 heteroatoms. The number of unbranched alkanes of at least 4 members (excludes halogenated alkanes) is 1. The van der Waals surface area contributed by atoms with Crippen LogP contribution in [-0.4, -0.2) is 63.0 Å². The molecule has 3 heterocycles. The molecule has 0 saturated carbocycles. The number of hydrogen-bond donors (Lipinski definition) is 0. The van der Waals surface area contributed by atoms with E-state index in [4.69, 9.17) is 4.37 Å². The van der Waals surface area contributed by atoms with Gasteiger partial charge in [-0.1, -0.05) is 25.5 Å². The van der Waals surface area contributed by atoms with Gasteiger partial charge in [0.1, 0.15) is 11.2 Å². The normalized spacial score (nSPS) is 22.7. The Labute approximate surface area is 182 Å². The van der Waals surface area contributed by atoms with E-state index in [9.17, 15) is 4.79 Å². The van der Waals surface area contributed by atoms with Crippen molar-refractivity contribution in [1.29, 1.82) is 0 Å². The number of thioether (sulfide) groups is 1. The summed E-state index contributed by atoms with van der Waals surface area (Å²) >= 11 is 3.38. The highest BCUT2D eigenvalue weighted by atomic mass is 35.5. The molecule has 28 heavy (non-hydrogen) atoms. The van der Waals surface area contributed by atoms with E-state index in [1.54, 1.807) is 11.5 Å². The Kier molecular flexibility index (Phi) is 6.80. The van der Waals surface area contributed by atoms with Crippen LogP contribution in [0.2, 0.25) is 0 Å². The number of halogens is 1. The number of carbonyl (C=O) groups excluding carboxylic acids is 1. The number of nitrogens with zero attached hydrogens (tertiary/aromatic N) is 4. The second-order valence-corrected chi connectivity index (χ2v) is 10.3. The van der Waals surface area contributed by atoms with Crippen LogP contribution in [0.4, 0.5) is 5.82 Å². The van der Waals surface area contributed by atoms with Crippen molar-refractivity contribution in [3.63, 3.8) is 0 Å². The van der Waals surface area contributed by atoms with Gasteiger partial charge in [0.15, 0.2) is 0 Å². The summed E-state index contributed by atoms with van der Waals surface area (Å²) in [5.74, 6) is 1.40. The van der Waals surface area contributed by atoms with Crippen LogP contribution in [0.5, 0.6) is 0 Å². The maximum absolute atomic E-state index is 13.1. The molecule has 0 bridgehead atoms. The highest BCUT2D eigenvalue weighted by molar-refractivity contribution is 8.02. The van der Waals surface area contributed by atoms with E-state index in [-0.39, 0.29) is 22.7 Å². The number of carbonyl (C=O) groups is 1. The Morgan fingerprint density at radius 1 is 1.18 bits per heavy atom. The number of aromatic nitrogens is 1. The lowest BCUT2D eigenvalue weighted by atomic mass is 10.2. The topological polar surface area (TPSA) is 39.7 Å². The highest BCUT2D eigenvalue weighted by Crippen LogP contribution is 2.42. The first-order chi connectivity index (χ1) is 13.0. The lowest BCUT2D eigenvalue weighted by Crippen LogP contribution is -2.52. The standard InChI is InChI=1S/C20H28N4OS2.ClH/c1-4-5-10-24-18(25)19(26-20(24,2)3)23-13-11-22(12-14-23)17-15-8-6-7-9-16(15)27-21-17;/h6-9,19H,4-5,10-14H2,1-3H3;1H. The molecule has 5 nitrogen and oxygen atoms in total. The number of fused-ring (bicyclic) bond motifs is 1. The van der Waals surface area contributed by atoms with Gasteiger partial charge in [-0.15, -0.1) is 24.2 Å². The van der Waals surface area contributed by atoms with Crippen molar-refractivity contribution in [2.45, 2.75) is 43.9 Å². The largest absolute Gasteiger partial charge is 0.353 e. The molecule has 1 amide bonds. The van der Waals surface area contributed by atoms with Gasteiger partial charge < -0.3 is 9.80 Å². The average molecular weight is 441 g/mol. The molecular formula is C20H29ClN4OS2.